The van der Waals surface area contributed by atoms with Crippen molar-refractivity contribution in [2.75, 3.05) is 13.1 Å². The first-order valence-corrected chi connectivity index (χ1v) is 7.83. The molecule has 0 spiro atoms. The van der Waals surface area contributed by atoms with Crippen LogP contribution in [0, 0.1) is 0 Å². The van der Waals surface area contributed by atoms with E-state index in [1.807, 2.05) is 58.1 Å². The van der Waals surface area contributed by atoms with Gasteiger partial charge in [0, 0.05) is 25.2 Å². The van der Waals surface area contributed by atoms with E-state index in [1.165, 1.54) is 0 Å². The molecule has 1 aliphatic heterocycles. The van der Waals surface area contributed by atoms with Gasteiger partial charge in [0.25, 0.3) is 5.91 Å². The fourth-order valence-corrected chi connectivity index (χ4v) is 2.89. The Morgan fingerprint density at radius 2 is 1.95 bits per heavy atom. The third-order valence-electron chi connectivity index (χ3n) is 4.03. The molecule has 1 aromatic carbocycles. The maximum absolute atomic E-state index is 12.7. The van der Waals surface area contributed by atoms with Gasteiger partial charge in [-0.05, 0) is 38.1 Å². The van der Waals surface area contributed by atoms with Gasteiger partial charge in [0.15, 0.2) is 0 Å². The third-order valence-corrected chi connectivity index (χ3v) is 4.03. The summed E-state index contributed by atoms with van der Waals surface area (Å²) in [4.78, 5) is 14.6. The molecule has 116 valence electrons. The second-order valence-corrected chi connectivity index (χ2v) is 5.99. The molecule has 4 heteroatoms. The summed E-state index contributed by atoms with van der Waals surface area (Å²) < 4.78 is 7.97. The van der Waals surface area contributed by atoms with E-state index >= 15 is 0 Å². The zero-order valence-electron chi connectivity index (χ0n) is 13.1. The van der Waals surface area contributed by atoms with E-state index in [4.69, 9.17) is 4.74 Å². The lowest BCUT2D eigenvalue weighted by atomic mass is 10.3. The van der Waals surface area contributed by atoms with Crippen molar-refractivity contribution in [1.82, 2.24) is 9.47 Å². The molecule has 4 nitrogen and oxygen atoms in total. The number of amides is 1. The summed E-state index contributed by atoms with van der Waals surface area (Å²) in [7, 11) is 0. The Hall–Kier alpha value is -2.23. The number of rotatable bonds is 4. The van der Waals surface area contributed by atoms with Crippen LogP contribution in [0.5, 0.6) is 5.75 Å². The van der Waals surface area contributed by atoms with Gasteiger partial charge in [0.05, 0.1) is 6.54 Å². The number of carbonyl (C=O) groups is 1. The van der Waals surface area contributed by atoms with Gasteiger partial charge < -0.3 is 14.2 Å². The summed E-state index contributed by atoms with van der Waals surface area (Å²) in [5.41, 5.74) is 0.760. The Labute approximate surface area is 131 Å². The number of carbonyl (C=O) groups excluding carboxylic acids is 1. The highest BCUT2D eigenvalue weighted by Crippen LogP contribution is 2.21. The van der Waals surface area contributed by atoms with Crippen molar-refractivity contribution in [2.45, 2.75) is 32.4 Å². The Kier molecular flexibility index (Phi) is 4.18. The van der Waals surface area contributed by atoms with Crippen molar-refractivity contribution < 1.29 is 9.53 Å². The van der Waals surface area contributed by atoms with Gasteiger partial charge in [0.1, 0.15) is 17.5 Å². The fourth-order valence-electron chi connectivity index (χ4n) is 2.89. The zero-order valence-corrected chi connectivity index (χ0v) is 13.1. The Balaban J connectivity index is 1.65. The first-order valence-electron chi connectivity index (χ1n) is 7.83. The molecular weight excluding hydrogens is 276 g/mol. The van der Waals surface area contributed by atoms with Crippen LogP contribution >= 0.6 is 0 Å². The van der Waals surface area contributed by atoms with Gasteiger partial charge in [-0.2, -0.15) is 0 Å². The summed E-state index contributed by atoms with van der Waals surface area (Å²) >= 11 is 0. The van der Waals surface area contributed by atoms with E-state index in [0.29, 0.717) is 6.54 Å². The summed E-state index contributed by atoms with van der Waals surface area (Å²) in [6.45, 7) is 5.57. The number of benzene rings is 1. The predicted molar refractivity (Wildman–Crippen MR) is 86.2 cm³/mol. The minimum Gasteiger partial charge on any atom is -0.489 e. The van der Waals surface area contributed by atoms with Crippen LogP contribution < -0.4 is 4.74 Å². The minimum absolute atomic E-state index is 0.0776. The molecule has 22 heavy (non-hydrogen) atoms. The number of aromatic nitrogens is 1. The van der Waals surface area contributed by atoms with E-state index in [0.717, 1.165) is 24.4 Å². The number of nitrogens with zero attached hydrogens (tertiary/aromatic N) is 2. The van der Waals surface area contributed by atoms with E-state index in [2.05, 4.69) is 13.8 Å². The maximum atomic E-state index is 12.7. The van der Waals surface area contributed by atoms with Crippen LogP contribution in [0.1, 0.15) is 36.8 Å². The third kappa shape index (κ3) is 3.01. The van der Waals surface area contributed by atoms with Crippen LogP contribution in [0.15, 0.2) is 48.7 Å². The molecule has 1 aliphatic rings. The van der Waals surface area contributed by atoms with Crippen LogP contribution in [0.2, 0.25) is 0 Å². The fraction of sp³-hybridized carbons (Fsp3) is 0.389. The summed E-state index contributed by atoms with van der Waals surface area (Å²) in [6, 6.07) is 13.9. The molecule has 0 saturated carbocycles. The lowest BCUT2D eigenvalue weighted by Crippen LogP contribution is -2.32. The van der Waals surface area contributed by atoms with Crippen molar-refractivity contribution in [3.05, 3.63) is 54.4 Å². The lowest BCUT2D eigenvalue weighted by Gasteiger charge is -2.19. The van der Waals surface area contributed by atoms with Crippen molar-refractivity contribution in [3.8, 4) is 5.75 Å². The molecule has 3 rings (SSSR count). The molecule has 0 aliphatic carbocycles. The zero-order chi connectivity index (χ0) is 15.5. The molecule has 1 aromatic heterocycles. The molecule has 1 fully saturated rings. The van der Waals surface area contributed by atoms with E-state index in [-0.39, 0.29) is 18.1 Å². The lowest BCUT2D eigenvalue weighted by molar-refractivity contribution is 0.0760. The molecule has 1 unspecified atom stereocenters. The van der Waals surface area contributed by atoms with Crippen molar-refractivity contribution in [1.29, 1.82) is 0 Å². The smallest absolute Gasteiger partial charge is 0.270 e. The molecule has 0 bridgehead atoms. The molecule has 1 atom stereocenters. The van der Waals surface area contributed by atoms with Crippen molar-refractivity contribution in [3.63, 3.8) is 0 Å². The average Bonchev–Trinajstić information content (AvgIpc) is 3.16. The van der Waals surface area contributed by atoms with Gasteiger partial charge in [-0.15, -0.1) is 0 Å². The predicted octanol–water partition coefficient (Wildman–Crippen LogP) is 3.36. The average molecular weight is 298 g/mol. The minimum atomic E-state index is 0.0776. The highest BCUT2D eigenvalue weighted by Gasteiger charge is 2.29. The molecular formula is C18H22N2O2. The van der Waals surface area contributed by atoms with Crippen LogP contribution in [0.3, 0.4) is 0 Å². The normalized spacial score (nSPS) is 18.0. The monoisotopic (exact) mass is 298 g/mol. The number of hydrogen-bond donors (Lipinski definition) is 0. The largest absolute Gasteiger partial charge is 0.489 e. The summed E-state index contributed by atoms with van der Waals surface area (Å²) in [5, 5.41) is 0. The van der Waals surface area contributed by atoms with Crippen molar-refractivity contribution >= 4 is 5.91 Å². The van der Waals surface area contributed by atoms with Gasteiger partial charge >= 0.3 is 0 Å². The van der Waals surface area contributed by atoms with E-state index in [9.17, 15) is 4.79 Å². The Bertz CT molecular complexity index is 634. The Morgan fingerprint density at radius 3 is 2.68 bits per heavy atom. The Morgan fingerprint density at radius 1 is 1.18 bits per heavy atom. The summed E-state index contributed by atoms with van der Waals surface area (Å²) in [5.74, 6) is 0.963. The van der Waals surface area contributed by atoms with E-state index in [1.54, 1.807) is 0 Å². The molecule has 2 aromatic rings. The molecule has 0 radical (unpaired) electrons. The van der Waals surface area contributed by atoms with Gasteiger partial charge in [-0.25, -0.2) is 0 Å². The molecule has 2 heterocycles. The molecule has 1 amide bonds. The van der Waals surface area contributed by atoms with Gasteiger partial charge in [-0.1, -0.05) is 18.2 Å². The first kappa shape index (κ1) is 14.7. The van der Waals surface area contributed by atoms with Crippen LogP contribution in [0.25, 0.3) is 0 Å². The van der Waals surface area contributed by atoms with Crippen molar-refractivity contribution in [2.24, 2.45) is 0 Å². The van der Waals surface area contributed by atoms with Gasteiger partial charge in [0.2, 0.25) is 0 Å². The second-order valence-electron chi connectivity index (χ2n) is 5.99. The van der Waals surface area contributed by atoms with Crippen LogP contribution in [-0.4, -0.2) is 34.6 Å². The standard InChI is InChI=1S/C18H22N2O2/c1-14(2)20-11-6-9-17(20)18(21)19-12-10-16(13-19)22-15-7-4-3-5-8-15/h3-9,11,14,16H,10,12-13H2,1-2H3. The number of para-hydroxylation sites is 1. The first-order chi connectivity index (χ1) is 10.6. The van der Waals surface area contributed by atoms with Crippen LogP contribution in [0.4, 0.5) is 0 Å². The topological polar surface area (TPSA) is 34.5 Å². The summed E-state index contributed by atoms with van der Waals surface area (Å²) in [6.07, 6.45) is 2.92. The van der Waals surface area contributed by atoms with E-state index < -0.39 is 0 Å². The maximum Gasteiger partial charge on any atom is 0.270 e. The molecule has 0 N–H and O–H groups in total. The van der Waals surface area contributed by atoms with Gasteiger partial charge in [-0.3, -0.25) is 4.79 Å². The highest BCUT2D eigenvalue weighted by molar-refractivity contribution is 5.93. The van der Waals surface area contributed by atoms with Crippen LogP contribution in [-0.2, 0) is 0 Å². The number of likely N-dealkylation sites (tertiary alicyclic amines) is 1. The quantitative estimate of drug-likeness (QED) is 0.867. The SMILES string of the molecule is CC(C)n1cccc1C(=O)N1CCC(Oc2ccccc2)C1. The number of ether oxygens (including phenoxy) is 1. The highest BCUT2D eigenvalue weighted by atomic mass is 16.5. The number of hydrogen-bond acceptors (Lipinski definition) is 2. The molecule has 1 saturated heterocycles. The second kappa shape index (κ2) is 6.26.